The molecule has 4 nitrogen and oxygen atoms in total. The van der Waals surface area contributed by atoms with Gasteiger partial charge in [-0.15, -0.1) is 0 Å². The maximum atomic E-state index is 11.5. The Morgan fingerprint density at radius 2 is 1.87 bits per heavy atom. The van der Waals surface area contributed by atoms with Gasteiger partial charge >= 0.3 is 0 Å². The highest BCUT2D eigenvalue weighted by Crippen LogP contribution is 2.51. The number of aromatic amines is 1. The number of likely N-dealkylation sites (N-methyl/N-ethyl adjacent to an activating group) is 1. The Morgan fingerprint density at radius 3 is 2.63 bits per heavy atom. The summed E-state index contributed by atoms with van der Waals surface area (Å²) in [5.74, 6) is 1.80. The number of aromatic nitrogens is 2. The molecule has 0 aliphatic heterocycles. The Bertz CT molecular complexity index is 1010. The van der Waals surface area contributed by atoms with E-state index in [9.17, 15) is 5.11 Å². The molecule has 2 aromatic carbocycles. The molecule has 0 amide bonds. The lowest BCUT2D eigenvalue weighted by atomic mass is 9.61. The predicted molar refractivity (Wildman–Crippen MR) is 122 cm³/mol. The van der Waals surface area contributed by atoms with Crippen molar-refractivity contribution in [2.75, 3.05) is 20.1 Å². The Balaban J connectivity index is 1.18. The van der Waals surface area contributed by atoms with E-state index >= 15 is 0 Å². The molecule has 0 spiro atoms. The number of rotatable bonds is 7. The lowest BCUT2D eigenvalue weighted by molar-refractivity contribution is -0.0574. The molecule has 1 heterocycles. The van der Waals surface area contributed by atoms with E-state index in [4.69, 9.17) is 0 Å². The summed E-state index contributed by atoms with van der Waals surface area (Å²) in [6.07, 6.45) is 7.32. The molecule has 4 heteroatoms. The molecular formula is C26H31N3O. The van der Waals surface area contributed by atoms with Crippen molar-refractivity contribution >= 4 is 16.6 Å². The van der Waals surface area contributed by atoms with Crippen molar-refractivity contribution < 1.29 is 5.11 Å². The van der Waals surface area contributed by atoms with E-state index in [0.717, 1.165) is 55.6 Å². The second-order valence-corrected chi connectivity index (χ2v) is 9.18. The number of fused-ring (bicyclic) bond motifs is 3. The lowest BCUT2D eigenvalue weighted by Crippen LogP contribution is -2.48. The highest BCUT2D eigenvalue weighted by Gasteiger charge is 2.46. The minimum Gasteiger partial charge on any atom is -0.389 e. The van der Waals surface area contributed by atoms with Crippen molar-refractivity contribution in [2.45, 2.75) is 37.7 Å². The van der Waals surface area contributed by atoms with Crippen molar-refractivity contribution in [3.05, 3.63) is 72.1 Å². The van der Waals surface area contributed by atoms with E-state index in [1.807, 2.05) is 18.2 Å². The molecule has 3 aromatic rings. The Kier molecular flexibility index (Phi) is 5.21. The topological polar surface area (TPSA) is 52.2 Å². The van der Waals surface area contributed by atoms with E-state index in [1.165, 1.54) is 17.6 Å². The molecule has 0 saturated heterocycles. The van der Waals surface area contributed by atoms with Crippen LogP contribution in [0.25, 0.3) is 16.6 Å². The molecule has 1 fully saturated rings. The quantitative estimate of drug-likeness (QED) is 0.605. The molecule has 2 N–H and O–H groups in total. The zero-order valence-corrected chi connectivity index (χ0v) is 17.7. The van der Waals surface area contributed by atoms with Crippen LogP contribution in [-0.2, 0) is 6.42 Å². The number of nitrogens with one attached hydrogen (secondary N) is 1. The smallest absolute Gasteiger partial charge is 0.108 e. The summed E-state index contributed by atoms with van der Waals surface area (Å²) in [4.78, 5) is 10.4. The number of imidazole rings is 1. The molecule has 156 valence electrons. The Labute approximate surface area is 178 Å². The van der Waals surface area contributed by atoms with Crippen LogP contribution in [0.3, 0.4) is 0 Å². The standard InChI is InChI=1S/C26H31N3O/c1-29(15-13-25-27-23-9-5-6-10-24(23)28-25)16-14-26(30)18-20-11-12-21(26)17-22(20)19-7-3-2-4-8-19/h2-10,17,20-21,30H,11-16,18H2,1H3,(H,27,28)/t20-,21+,26+/m0/s1. The SMILES string of the molecule is CN(CCc1nc2ccccc2[nH]1)CC[C@@]1(O)C[C@@H]2CC[C@@H]1C=C2c1ccccc1. The van der Waals surface area contributed by atoms with E-state index in [2.05, 4.69) is 64.4 Å². The molecule has 0 radical (unpaired) electrons. The molecular weight excluding hydrogens is 370 g/mol. The number of H-pyrrole nitrogens is 1. The van der Waals surface area contributed by atoms with Gasteiger partial charge in [0.1, 0.15) is 5.82 Å². The average molecular weight is 402 g/mol. The van der Waals surface area contributed by atoms with Gasteiger partial charge in [0.15, 0.2) is 0 Å². The van der Waals surface area contributed by atoms with Gasteiger partial charge in [-0.05, 0) is 61.9 Å². The minimum absolute atomic E-state index is 0.279. The van der Waals surface area contributed by atoms with Crippen molar-refractivity contribution in [1.82, 2.24) is 14.9 Å². The summed E-state index contributed by atoms with van der Waals surface area (Å²) in [6.45, 7) is 1.85. The van der Waals surface area contributed by atoms with Gasteiger partial charge in [0.2, 0.25) is 0 Å². The monoisotopic (exact) mass is 401 g/mol. The Morgan fingerprint density at radius 1 is 1.07 bits per heavy atom. The summed E-state index contributed by atoms with van der Waals surface area (Å²) >= 11 is 0. The number of hydrogen-bond acceptors (Lipinski definition) is 3. The summed E-state index contributed by atoms with van der Waals surface area (Å²) < 4.78 is 0. The van der Waals surface area contributed by atoms with Crippen LogP contribution in [0.4, 0.5) is 0 Å². The number of allylic oxidation sites excluding steroid dienone is 1. The van der Waals surface area contributed by atoms with Crippen LogP contribution in [-0.4, -0.2) is 45.7 Å². The van der Waals surface area contributed by atoms with Crippen molar-refractivity contribution in [2.24, 2.45) is 11.8 Å². The largest absolute Gasteiger partial charge is 0.389 e. The average Bonchev–Trinajstić information content (AvgIpc) is 3.20. The first-order valence-corrected chi connectivity index (χ1v) is 11.2. The highest BCUT2D eigenvalue weighted by atomic mass is 16.3. The third kappa shape index (κ3) is 3.82. The van der Waals surface area contributed by atoms with Crippen molar-refractivity contribution in [3.8, 4) is 0 Å². The molecule has 1 saturated carbocycles. The van der Waals surface area contributed by atoms with Gasteiger partial charge in [0, 0.05) is 25.4 Å². The van der Waals surface area contributed by atoms with E-state index in [0.29, 0.717) is 5.92 Å². The first-order valence-electron chi connectivity index (χ1n) is 11.2. The van der Waals surface area contributed by atoms with Gasteiger partial charge in [-0.2, -0.15) is 0 Å². The number of benzene rings is 2. The van der Waals surface area contributed by atoms with Crippen LogP contribution in [0.2, 0.25) is 0 Å². The van der Waals surface area contributed by atoms with Gasteiger partial charge in [-0.25, -0.2) is 4.98 Å². The predicted octanol–water partition coefficient (Wildman–Crippen LogP) is 4.67. The molecule has 2 bridgehead atoms. The molecule has 3 atom stereocenters. The molecule has 3 aliphatic carbocycles. The zero-order chi connectivity index (χ0) is 20.6. The second kappa shape index (κ2) is 8.01. The summed E-state index contributed by atoms with van der Waals surface area (Å²) in [7, 11) is 2.15. The van der Waals surface area contributed by atoms with Gasteiger partial charge in [0.05, 0.1) is 16.6 Å². The molecule has 6 rings (SSSR count). The normalized spacial score (nSPS) is 25.8. The third-order valence-corrected chi connectivity index (χ3v) is 7.14. The summed E-state index contributed by atoms with van der Waals surface area (Å²) in [5, 5.41) is 11.5. The fourth-order valence-electron chi connectivity index (χ4n) is 5.35. The lowest BCUT2D eigenvalue weighted by Gasteiger charge is -2.48. The Hall–Kier alpha value is -2.43. The van der Waals surface area contributed by atoms with Gasteiger partial charge in [-0.3, -0.25) is 0 Å². The zero-order valence-electron chi connectivity index (χ0n) is 17.7. The van der Waals surface area contributed by atoms with E-state index in [1.54, 1.807) is 0 Å². The second-order valence-electron chi connectivity index (χ2n) is 9.18. The molecule has 30 heavy (non-hydrogen) atoms. The molecule has 1 aromatic heterocycles. The fourth-order valence-corrected chi connectivity index (χ4v) is 5.35. The molecule has 3 aliphatic rings. The van der Waals surface area contributed by atoms with Crippen molar-refractivity contribution in [3.63, 3.8) is 0 Å². The van der Waals surface area contributed by atoms with E-state index < -0.39 is 5.60 Å². The first kappa shape index (κ1) is 19.5. The minimum atomic E-state index is -0.561. The van der Waals surface area contributed by atoms with Crippen LogP contribution in [0, 0.1) is 11.8 Å². The van der Waals surface area contributed by atoms with Crippen LogP contribution >= 0.6 is 0 Å². The number of aliphatic hydroxyl groups is 1. The maximum Gasteiger partial charge on any atom is 0.108 e. The van der Waals surface area contributed by atoms with E-state index in [-0.39, 0.29) is 5.92 Å². The van der Waals surface area contributed by atoms with Crippen LogP contribution in [0.15, 0.2) is 60.7 Å². The fraction of sp³-hybridized carbons (Fsp3) is 0.423. The highest BCUT2D eigenvalue weighted by molar-refractivity contribution is 5.74. The third-order valence-electron chi connectivity index (χ3n) is 7.14. The van der Waals surface area contributed by atoms with Crippen molar-refractivity contribution in [1.29, 1.82) is 0 Å². The van der Waals surface area contributed by atoms with Gasteiger partial charge < -0.3 is 15.0 Å². The van der Waals surface area contributed by atoms with Gasteiger partial charge in [-0.1, -0.05) is 48.5 Å². The maximum absolute atomic E-state index is 11.5. The van der Waals surface area contributed by atoms with Gasteiger partial charge in [0.25, 0.3) is 0 Å². The number of nitrogens with zero attached hydrogens (tertiary/aromatic N) is 2. The van der Waals surface area contributed by atoms with Crippen LogP contribution < -0.4 is 0 Å². The summed E-state index contributed by atoms with van der Waals surface area (Å²) in [5.41, 5.74) is 4.36. The van der Waals surface area contributed by atoms with Crippen LogP contribution in [0.5, 0.6) is 0 Å². The number of hydrogen-bond donors (Lipinski definition) is 2. The molecule has 0 unspecified atom stereocenters. The summed E-state index contributed by atoms with van der Waals surface area (Å²) in [6, 6.07) is 18.9. The first-order chi connectivity index (χ1) is 14.6. The number of para-hydroxylation sites is 2. The van der Waals surface area contributed by atoms with Crippen LogP contribution in [0.1, 0.15) is 37.1 Å².